The quantitative estimate of drug-likeness (QED) is 0.596. The lowest BCUT2D eigenvalue weighted by molar-refractivity contribution is 0.432. The summed E-state index contributed by atoms with van der Waals surface area (Å²) >= 11 is 0. The van der Waals surface area contributed by atoms with Crippen LogP contribution in [0.5, 0.6) is 0 Å². The highest BCUT2D eigenvalue weighted by Gasteiger charge is 2.14. The summed E-state index contributed by atoms with van der Waals surface area (Å²) in [4.78, 5) is 7.72. The Bertz CT molecular complexity index is 903. The van der Waals surface area contributed by atoms with Crippen LogP contribution in [0.4, 0.5) is 0 Å². The summed E-state index contributed by atoms with van der Waals surface area (Å²) in [7, 11) is 0. The number of fused-ring (bicyclic) bond motifs is 1. The fourth-order valence-electron chi connectivity index (χ4n) is 2.40. The van der Waals surface area contributed by atoms with E-state index >= 15 is 0 Å². The monoisotopic (exact) mass is 275 g/mol. The van der Waals surface area contributed by atoms with Crippen LogP contribution in [0.3, 0.4) is 0 Å². The van der Waals surface area contributed by atoms with Crippen molar-refractivity contribution in [2.24, 2.45) is 0 Å². The highest BCUT2D eigenvalue weighted by Crippen LogP contribution is 2.28. The van der Waals surface area contributed by atoms with Crippen molar-refractivity contribution < 1.29 is 4.52 Å². The van der Waals surface area contributed by atoms with Crippen LogP contribution < -0.4 is 0 Å². The fraction of sp³-hybridized carbons (Fsp3) is 0.0588. The molecule has 4 heteroatoms. The van der Waals surface area contributed by atoms with Crippen LogP contribution in [-0.4, -0.2) is 15.1 Å². The molecular weight excluding hydrogens is 262 g/mol. The molecule has 0 fully saturated rings. The van der Waals surface area contributed by atoms with Crippen molar-refractivity contribution in [3.8, 4) is 22.8 Å². The fourth-order valence-corrected chi connectivity index (χ4v) is 2.40. The predicted octanol–water partition coefficient (Wildman–Crippen LogP) is 4.19. The molecular formula is C17H13N3O. The van der Waals surface area contributed by atoms with Crippen molar-refractivity contribution in [1.29, 1.82) is 0 Å². The van der Waals surface area contributed by atoms with E-state index in [9.17, 15) is 0 Å². The third-order valence-corrected chi connectivity index (χ3v) is 3.56. The Kier molecular flexibility index (Phi) is 2.60. The summed E-state index contributed by atoms with van der Waals surface area (Å²) in [5, 5.41) is 5.16. The largest absolute Gasteiger partial charge is 0.360 e. The molecule has 4 aromatic rings. The number of aryl methyl sites for hydroxylation is 1. The zero-order chi connectivity index (χ0) is 14.2. The summed E-state index contributed by atoms with van der Waals surface area (Å²) < 4.78 is 5.42. The number of para-hydroxylation sites is 1. The SMILES string of the molecule is Cc1ccc(-c2noc(-c3c[nH]c4ccccc34)n2)cc1. The third-order valence-electron chi connectivity index (χ3n) is 3.56. The summed E-state index contributed by atoms with van der Waals surface area (Å²) in [6.07, 6.45) is 1.90. The van der Waals surface area contributed by atoms with Crippen LogP contribution >= 0.6 is 0 Å². The number of aromatic nitrogens is 3. The number of nitrogens with one attached hydrogen (secondary N) is 1. The van der Waals surface area contributed by atoms with Gasteiger partial charge in [0.1, 0.15) is 0 Å². The van der Waals surface area contributed by atoms with E-state index in [-0.39, 0.29) is 0 Å². The van der Waals surface area contributed by atoms with Crippen LogP contribution in [0.15, 0.2) is 59.3 Å². The summed E-state index contributed by atoms with van der Waals surface area (Å²) in [5.74, 6) is 1.14. The smallest absolute Gasteiger partial charge is 0.260 e. The van der Waals surface area contributed by atoms with E-state index in [1.54, 1.807) is 0 Å². The molecule has 0 bridgehead atoms. The molecule has 4 rings (SSSR count). The Balaban J connectivity index is 1.79. The lowest BCUT2D eigenvalue weighted by Gasteiger charge is -1.94. The minimum atomic E-state index is 0.531. The van der Waals surface area contributed by atoms with E-state index < -0.39 is 0 Å². The van der Waals surface area contributed by atoms with Gasteiger partial charge in [-0.25, -0.2) is 0 Å². The molecule has 102 valence electrons. The zero-order valence-corrected chi connectivity index (χ0v) is 11.5. The molecule has 0 radical (unpaired) electrons. The summed E-state index contributed by atoms with van der Waals surface area (Å²) in [6, 6.07) is 16.1. The molecule has 4 nitrogen and oxygen atoms in total. The molecule has 0 aliphatic carbocycles. The van der Waals surface area contributed by atoms with E-state index in [0.29, 0.717) is 11.7 Å². The first-order valence-corrected chi connectivity index (χ1v) is 6.78. The average Bonchev–Trinajstić information content (AvgIpc) is 3.14. The van der Waals surface area contributed by atoms with Crippen molar-refractivity contribution >= 4 is 10.9 Å². The van der Waals surface area contributed by atoms with Gasteiger partial charge in [0.15, 0.2) is 0 Å². The molecule has 1 N–H and O–H groups in total. The molecule has 0 saturated carbocycles. The molecule has 0 unspecified atom stereocenters. The standard InChI is InChI=1S/C17H13N3O/c1-11-6-8-12(9-7-11)16-19-17(21-20-16)14-10-18-15-5-3-2-4-13(14)15/h2-10,18H,1H3. The van der Waals surface area contributed by atoms with Gasteiger partial charge in [-0.2, -0.15) is 4.98 Å². The van der Waals surface area contributed by atoms with Gasteiger partial charge in [0.2, 0.25) is 5.82 Å². The minimum absolute atomic E-state index is 0.531. The van der Waals surface area contributed by atoms with Crippen LogP contribution in [-0.2, 0) is 0 Å². The number of aromatic amines is 1. The van der Waals surface area contributed by atoms with Gasteiger partial charge in [0.05, 0.1) is 5.56 Å². The Labute approximate surface area is 121 Å². The van der Waals surface area contributed by atoms with Crippen LogP contribution in [0.25, 0.3) is 33.7 Å². The number of H-pyrrole nitrogens is 1. The maximum Gasteiger partial charge on any atom is 0.260 e. The maximum atomic E-state index is 5.42. The van der Waals surface area contributed by atoms with Crippen molar-refractivity contribution in [3.63, 3.8) is 0 Å². The van der Waals surface area contributed by atoms with Crippen LogP contribution in [0, 0.1) is 6.92 Å². The molecule has 2 heterocycles. The van der Waals surface area contributed by atoms with Gasteiger partial charge in [-0.1, -0.05) is 53.2 Å². The molecule has 0 amide bonds. The van der Waals surface area contributed by atoms with Crippen molar-refractivity contribution in [2.75, 3.05) is 0 Å². The normalized spacial score (nSPS) is 11.1. The molecule has 0 atom stereocenters. The number of hydrogen-bond acceptors (Lipinski definition) is 3. The maximum absolute atomic E-state index is 5.42. The zero-order valence-electron chi connectivity index (χ0n) is 11.5. The second-order valence-corrected chi connectivity index (χ2v) is 5.04. The molecule has 2 aromatic carbocycles. The Hall–Kier alpha value is -2.88. The van der Waals surface area contributed by atoms with E-state index in [2.05, 4.69) is 22.0 Å². The summed E-state index contributed by atoms with van der Waals surface area (Å²) in [6.45, 7) is 2.05. The number of rotatable bonds is 2. The van der Waals surface area contributed by atoms with Gasteiger partial charge in [-0.15, -0.1) is 0 Å². The highest BCUT2D eigenvalue weighted by molar-refractivity contribution is 5.93. The van der Waals surface area contributed by atoms with Crippen molar-refractivity contribution in [2.45, 2.75) is 6.92 Å². The molecule has 0 aliphatic heterocycles. The van der Waals surface area contributed by atoms with E-state index in [4.69, 9.17) is 4.52 Å². The molecule has 2 aromatic heterocycles. The van der Waals surface area contributed by atoms with Gasteiger partial charge in [-0.3, -0.25) is 0 Å². The molecule has 0 saturated heterocycles. The van der Waals surface area contributed by atoms with E-state index in [0.717, 1.165) is 22.0 Å². The van der Waals surface area contributed by atoms with E-state index in [1.165, 1.54) is 5.56 Å². The molecule has 0 aliphatic rings. The number of hydrogen-bond donors (Lipinski definition) is 1. The lowest BCUT2D eigenvalue weighted by Crippen LogP contribution is -1.81. The second-order valence-electron chi connectivity index (χ2n) is 5.04. The van der Waals surface area contributed by atoms with Crippen molar-refractivity contribution in [3.05, 3.63) is 60.3 Å². The predicted molar refractivity (Wildman–Crippen MR) is 81.8 cm³/mol. The van der Waals surface area contributed by atoms with Crippen molar-refractivity contribution in [1.82, 2.24) is 15.1 Å². The number of nitrogens with zero attached hydrogens (tertiary/aromatic N) is 2. The van der Waals surface area contributed by atoms with Gasteiger partial charge in [0.25, 0.3) is 5.89 Å². The first kappa shape index (κ1) is 11.9. The topological polar surface area (TPSA) is 54.7 Å². The third kappa shape index (κ3) is 2.01. The highest BCUT2D eigenvalue weighted by atomic mass is 16.5. The van der Waals surface area contributed by atoms with Gasteiger partial charge in [-0.05, 0) is 13.0 Å². The summed E-state index contributed by atoms with van der Waals surface area (Å²) in [5.41, 5.74) is 4.15. The molecule has 0 spiro atoms. The first-order chi connectivity index (χ1) is 10.3. The Morgan fingerprint density at radius 3 is 2.67 bits per heavy atom. The van der Waals surface area contributed by atoms with Crippen LogP contribution in [0.2, 0.25) is 0 Å². The molecule has 21 heavy (non-hydrogen) atoms. The second kappa shape index (κ2) is 4.59. The minimum Gasteiger partial charge on any atom is -0.360 e. The lowest BCUT2D eigenvalue weighted by atomic mass is 10.1. The van der Waals surface area contributed by atoms with Gasteiger partial charge in [0, 0.05) is 22.7 Å². The first-order valence-electron chi connectivity index (χ1n) is 6.78. The van der Waals surface area contributed by atoms with Gasteiger partial charge < -0.3 is 9.51 Å². The average molecular weight is 275 g/mol. The van der Waals surface area contributed by atoms with Gasteiger partial charge >= 0.3 is 0 Å². The number of benzene rings is 2. The Morgan fingerprint density at radius 2 is 1.81 bits per heavy atom. The van der Waals surface area contributed by atoms with E-state index in [1.807, 2.05) is 54.7 Å². The Morgan fingerprint density at radius 1 is 1.00 bits per heavy atom. The van der Waals surface area contributed by atoms with Crippen LogP contribution in [0.1, 0.15) is 5.56 Å².